The number of halogens is 4. The number of nitriles is 1. The number of hydrogen-bond acceptors (Lipinski definition) is 5. The van der Waals surface area contributed by atoms with Gasteiger partial charge < -0.3 is 15.4 Å². The number of aromatic nitrogens is 1. The van der Waals surface area contributed by atoms with Crippen LogP contribution in [0.25, 0.3) is 22.3 Å². The van der Waals surface area contributed by atoms with Gasteiger partial charge in [-0.3, -0.25) is 4.98 Å². The van der Waals surface area contributed by atoms with E-state index in [1.54, 1.807) is 18.5 Å². The van der Waals surface area contributed by atoms with Gasteiger partial charge in [0.05, 0.1) is 5.56 Å². The van der Waals surface area contributed by atoms with Crippen LogP contribution in [0.2, 0.25) is 5.02 Å². The number of alkyl halides is 3. The van der Waals surface area contributed by atoms with Crippen molar-refractivity contribution >= 4 is 11.6 Å². The standard InChI is InChI=1S/C39H39ClN4O.C2H3F3/c1-26-31(7-5-9-36(26)37-10-6-8-35(27(37)2)32-13-11-28(12-14-32)21-42-3)15-16-33-19-39(34(24-43-4)18-38(33)40)45-25-30-17-29(20-41)22-44-23-30;1-2(3,4)5/h5-14,17-19,22-23,42-43H,15-16,21,24-25H2,1-4H3;1H3. The summed E-state index contributed by atoms with van der Waals surface area (Å²) < 4.78 is 37.3. The first kappa shape index (κ1) is 38.1. The molecular weight excluding hydrogens is 657 g/mol. The van der Waals surface area contributed by atoms with Gasteiger partial charge in [0.25, 0.3) is 0 Å². The molecule has 0 aliphatic carbocycles. The zero-order valence-electron chi connectivity index (χ0n) is 29.0. The molecule has 1 aromatic heterocycles. The first-order valence-corrected chi connectivity index (χ1v) is 16.7. The van der Waals surface area contributed by atoms with Crippen LogP contribution in [0.3, 0.4) is 0 Å². The lowest BCUT2D eigenvalue weighted by molar-refractivity contribution is -0.110. The molecule has 0 fully saturated rings. The molecule has 9 heteroatoms. The van der Waals surface area contributed by atoms with E-state index in [2.05, 4.69) is 102 Å². The molecule has 0 spiro atoms. The van der Waals surface area contributed by atoms with Crippen molar-refractivity contribution in [2.45, 2.75) is 59.5 Å². The summed E-state index contributed by atoms with van der Waals surface area (Å²) in [6.07, 6.45) is 0.908. The second kappa shape index (κ2) is 17.8. The summed E-state index contributed by atoms with van der Waals surface area (Å²) in [6.45, 7) is 6.44. The molecule has 260 valence electrons. The van der Waals surface area contributed by atoms with E-state index < -0.39 is 6.18 Å². The van der Waals surface area contributed by atoms with Crippen molar-refractivity contribution in [1.82, 2.24) is 15.6 Å². The van der Waals surface area contributed by atoms with Gasteiger partial charge in [-0.2, -0.15) is 18.4 Å². The van der Waals surface area contributed by atoms with Crippen LogP contribution in [0.4, 0.5) is 13.2 Å². The third kappa shape index (κ3) is 10.7. The highest BCUT2D eigenvalue weighted by atomic mass is 35.5. The normalized spacial score (nSPS) is 11.0. The second-order valence-corrected chi connectivity index (χ2v) is 12.5. The van der Waals surface area contributed by atoms with E-state index in [4.69, 9.17) is 16.3 Å². The molecule has 0 bridgehead atoms. The summed E-state index contributed by atoms with van der Waals surface area (Å²) in [4.78, 5) is 4.16. The number of aryl methyl sites for hydroxylation is 2. The molecule has 0 amide bonds. The summed E-state index contributed by atoms with van der Waals surface area (Å²) in [7, 11) is 3.87. The van der Waals surface area contributed by atoms with Crippen LogP contribution in [-0.2, 0) is 32.5 Å². The van der Waals surface area contributed by atoms with Crippen molar-refractivity contribution in [1.29, 1.82) is 5.26 Å². The largest absolute Gasteiger partial charge is 0.489 e. The molecule has 4 aromatic carbocycles. The highest BCUT2D eigenvalue weighted by Gasteiger charge is 2.16. The molecule has 5 rings (SSSR count). The molecule has 0 saturated heterocycles. The van der Waals surface area contributed by atoms with Gasteiger partial charge in [-0.1, -0.05) is 72.3 Å². The van der Waals surface area contributed by atoms with E-state index in [9.17, 15) is 18.4 Å². The number of ether oxygens (including phenoxy) is 1. The van der Waals surface area contributed by atoms with E-state index in [1.807, 2.05) is 20.2 Å². The molecule has 0 unspecified atom stereocenters. The highest BCUT2D eigenvalue weighted by molar-refractivity contribution is 6.31. The van der Waals surface area contributed by atoms with E-state index in [0.717, 1.165) is 46.8 Å². The SMILES string of the molecule is CC(F)(F)F.CNCc1ccc(-c2cccc(-c3cccc(CCc4cc(OCc5cncc(C#N)c5)c(CNC)cc4Cl)c3C)c2C)cc1. The molecular formula is C41H42ClF3N4O. The Balaban J connectivity index is 0.00000105. The van der Waals surface area contributed by atoms with Gasteiger partial charge in [-0.25, -0.2) is 0 Å². The van der Waals surface area contributed by atoms with Crippen LogP contribution in [0, 0.1) is 25.2 Å². The Bertz CT molecular complexity index is 1930. The average Bonchev–Trinajstić information content (AvgIpc) is 3.08. The van der Waals surface area contributed by atoms with Crippen LogP contribution < -0.4 is 15.4 Å². The predicted octanol–water partition coefficient (Wildman–Crippen LogP) is 9.93. The van der Waals surface area contributed by atoms with Crippen LogP contribution in [-0.4, -0.2) is 25.3 Å². The summed E-state index contributed by atoms with van der Waals surface area (Å²) in [5.41, 5.74) is 13.5. The van der Waals surface area contributed by atoms with Crippen LogP contribution in [0.5, 0.6) is 5.75 Å². The van der Waals surface area contributed by atoms with Crippen molar-refractivity contribution in [3.8, 4) is 34.1 Å². The molecule has 50 heavy (non-hydrogen) atoms. The van der Waals surface area contributed by atoms with Crippen molar-refractivity contribution in [3.63, 3.8) is 0 Å². The van der Waals surface area contributed by atoms with Crippen molar-refractivity contribution in [2.24, 2.45) is 0 Å². The second-order valence-electron chi connectivity index (χ2n) is 12.1. The zero-order valence-corrected chi connectivity index (χ0v) is 29.8. The van der Waals surface area contributed by atoms with Crippen LogP contribution in [0.1, 0.15) is 51.4 Å². The molecule has 5 nitrogen and oxygen atoms in total. The van der Waals surface area contributed by atoms with Crippen LogP contribution >= 0.6 is 11.6 Å². The predicted molar refractivity (Wildman–Crippen MR) is 196 cm³/mol. The molecule has 0 saturated carbocycles. The first-order valence-electron chi connectivity index (χ1n) is 16.3. The number of nitrogens with zero attached hydrogens (tertiary/aromatic N) is 2. The van der Waals surface area contributed by atoms with E-state index in [1.165, 1.54) is 44.5 Å². The Kier molecular flexibility index (Phi) is 13.6. The van der Waals surface area contributed by atoms with E-state index >= 15 is 0 Å². The van der Waals surface area contributed by atoms with Gasteiger partial charge in [0, 0.05) is 48.6 Å². The fourth-order valence-corrected chi connectivity index (χ4v) is 6.12. The third-order valence-corrected chi connectivity index (χ3v) is 8.65. The number of hydrogen-bond donors (Lipinski definition) is 2. The van der Waals surface area contributed by atoms with E-state index in [-0.39, 0.29) is 6.92 Å². The zero-order chi connectivity index (χ0) is 36.3. The fourth-order valence-electron chi connectivity index (χ4n) is 5.84. The minimum Gasteiger partial charge on any atom is -0.489 e. The lowest BCUT2D eigenvalue weighted by Gasteiger charge is -2.17. The Morgan fingerprint density at radius 2 is 1.38 bits per heavy atom. The maximum atomic E-state index is 10.4. The number of benzene rings is 4. The molecule has 2 N–H and O–H groups in total. The Morgan fingerprint density at radius 3 is 2.04 bits per heavy atom. The Morgan fingerprint density at radius 1 is 0.760 bits per heavy atom. The maximum Gasteiger partial charge on any atom is 0.386 e. The smallest absolute Gasteiger partial charge is 0.386 e. The Labute approximate surface area is 298 Å². The summed E-state index contributed by atoms with van der Waals surface area (Å²) >= 11 is 6.82. The topological polar surface area (TPSA) is 70.0 Å². The minimum absolute atomic E-state index is 0.188. The summed E-state index contributed by atoms with van der Waals surface area (Å²) in [5.74, 6) is 0.781. The van der Waals surface area contributed by atoms with Crippen molar-refractivity contribution in [3.05, 3.63) is 141 Å². The third-order valence-electron chi connectivity index (χ3n) is 8.29. The number of nitrogens with one attached hydrogen (secondary N) is 2. The lowest BCUT2D eigenvalue weighted by atomic mass is 9.88. The molecule has 0 atom stereocenters. The average molecular weight is 699 g/mol. The highest BCUT2D eigenvalue weighted by Crippen LogP contribution is 2.35. The maximum absolute atomic E-state index is 10.4. The molecule has 1 heterocycles. The Hall–Kier alpha value is -4.68. The minimum atomic E-state index is -4.00. The number of pyridine rings is 1. The van der Waals surface area contributed by atoms with Gasteiger partial charge in [0.15, 0.2) is 0 Å². The summed E-state index contributed by atoms with van der Waals surface area (Å²) in [6, 6.07) is 30.0. The number of rotatable bonds is 12. The monoisotopic (exact) mass is 698 g/mol. The van der Waals surface area contributed by atoms with Crippen LogP contribution in [0.15, 0.2) is 91.3 Å². The molecule has 0 aliphatic heterocycles. The molecule has 5 aromatic rings. The van der Waals surface area contributed by atoms with Gasteiger partial charge in [-0.15, -0.1) is 0 Å². The first-order chi connectivity index (χ1) is 23.9. The van der Waals surface area contributed by atoms with Crippen molar-refractivity contribution < 1.29 is 17.9 Å². The molecule has 0 aliphatic rings. The van der Waals surface area contributed by atoms with Gasteiger partial charge in [0.1, 0.15) is 18.4 Å². The van der Waals surface area contributed by atoms with Gasteiger partial charge in [-0.05, 0) is 109 Å². The lowest BCUT2D eigenvalue weighted by Crippen LogP contribution is -2.09. The summed E-state index contributed by atoms with van der Waals surface area (Å²) in [5, 5.41) is 16.4. The van der Waals surface area contributed by atoms with E-state index in [0.29, 0.717) is 18.7 Å². The fraction of sp³-hybridized carbons (Fsp3) is 0.268. The quantitative estimate of drug-likeness (QED) is 0.136. The van der Waals surface area contributed by atoms with Crippen molar-refractivity contribution in [2.75, 3.05) is 14.1 Å². The van der Waals surface area contributed by atoms with Gasteiger partial charge in [0.2, 0.25) is 0 Å². The van der Waals surface area contributed by atoms with Gasteiger partial charge >= 0.3 is 6.18 Å². The molecule has 0 radical (unpaired) electrons.